The Bertz CT molecular complexity index is 490. The van der Waals surface area contributed by atoms with E-state index in [2.05, 4.69) is 25.6 Å². The van der Waals surface area contributed by atoms with Crippen molar-refractivity contribution in [1.82, 2.24) is 20.3 Å². The molecule has 1 fully saturated rings. The lowest BCUT2D eigenvalue weighted by molar-refractivity contribution is -0.121. The number of ether oxygens (including phenoxy) is 1. The van der Waals surface area contributed by atoms with E-state index in [4.69, 9.17) is 10.5 Å². The van der Waals surface area contributed by atoms with Crippen LogP contribution in [-0.4, -0.2) is 59.7 Å². The lowest BCUT2D eigenvalue weighted by atomic mass is 10.3. The Hall–Kier alpha value is -2.16. The van der Waals surface area contributed by atoms with E-state index in [0.29, 0.717) is 44.7 Å². The van der Waals surface area contributed by atoms with Crippen LogP contribution in [0.25, 0.3) is 0 Å². The van der Waals surface area contributed by atoms with Crippen LogP contribution < -0.4 is 21.3 Å². The van der Waals surface area contributed by atoms with Crippen molar-refractivity contribution < 1.29 is 9.53 Å². The number of nitrogens with two attached hydrogens (primary N) is 1. The van der Waals surface area contributed by atoms with Gasteiger partial charge in [-0.25, -0.2) is 0 Å². The molecule has 1 amide bonds. The van der Waals surface area contributed by atoms with Crippen molar-refractivity contribution in [2.75, 3.05) is 48.8 Å². The van der Waals surface area contributed by atoms with Crippen molar-refractivity contribution in [2.45, 2.75) is 19.9 Å². The number of morpholine rings is 1. The standard InChI is InChI=1S/C12H21N7O2/c1-3-14-9(20)8(2)15-11-16-10(13)17-12(18-11)19-4-6-21-7-5-19/h8H,3-7H2,1-2H3,(H,14,20)(H3,13,15,16,17,18). The van der Waals surface area contributed by atoms with Crippen molar-refractivity contribution in [1.29, 1.82) is 0 Å². The van der Waals surface area contributed by atoms with Gasteiger partial charge in [0, 0.05) is 19.6 Å². The molecule has 0 saturated carbocycles. The molecule has 21 heavy (non-hydrogen) atoms. The smallest absolute Gasteiger partial charge is 0.242 e. The van der Waals surface area contributed by atoms with Gasteiger partial charge in [-0.05, 0) is 13.8 Å². The first-order chi connectivity index (χ1) is 10.1. The quantitative estimate of drug-likeness (QED) is 0.648. The number of hydrogen-bond donors (Lipinski definition) is 3. The van der Waals surface area contributed by atoms with Crippen LogP contribution in [0.1, 0.15) is 13.8 Å². The average Bonchev–Trinajstić information content (AvgIpc) is 2.47. The monoisotopic (exact) mass is 295 g/mol. The summed E-state index contributed by atoms with van der Waals surface area (Å²) in [5.74, 6) is 0.792. The largest absolute Gasteiger partial charge is 0.378 e. The van der Waals surface area contributed by atoms with Gasteiger partial charge in [-0.3, -0.25) is 4.79 Å². The number of nitrogens with one attached hydrogen (secondary N) is 2. The summed E-state index contributed by atoms with van der Waals surface area (Å²) in [6.07, 6.45) is 0. The third kappa shape index (κ3) is 4.15. The van der Waals surface area contributed by atoms with Gasteiger partial charge in [0.25, 0.3) is 0 Å². The third-order valence-electron chi connectivity index (χ3n) is 3.02. The molecule has 2 heterocycles. The molecule has 0 aliphatic carbocycles. The molecule has 1 aliphatic rings. The van der Waals surface area contributed by atoms with E-state index in [1.54, 1.807) is 6.92 Å². The lowest BCUT2D eigenvalue weighted by Gasteiger charge is -2.27. The maximum absolute atomic E-state index is 11.7. The summed E-state index contributed by atoms with van der Waals surface area (Å²) in [5, 5.41) is 5.66. The predicted molar refractivity (Wildman–Crippen MR) is 79.0 cm³/mol. The van der Waals surface area contributed by atoms with Crippen LogP contribution in [0, 0.1) is 0 Å². The van der Waals surface area contributed by atoms with Crippen molar-refractivity contribution in [3.63, 3.8) is 0 Å². The van der Waals surface area contributed by atoms with E-state index in [0.717, 1.165) is 0 Å². The zero-order valence-corrected chi connectivity index (χ0v) is 12.3. The third-order valence-corrected chi connectivity index (χ3v) is 3.02. The molecule has 0 radical (unpaired) electrons. The Kier molecular flexibility index (Phi) is 5.09. The molecule has 1 unspecified atom stereocenters. The van der Waals surface area contributed by atoms with Gasteiger partial charge in [0.2, 0.25) is 23.8 Å². The van der Waals surface area contributed by atoms with Gasteiger partial charge < -0.3 is 26.0 Å². The number of carbonyl (C=O) groups excluding carboxylic acids is 1. The maximum Gasteiger partial charge on any atom is 0.242 e. The number of likely N-dealkylation sites (N-methyl/N-ethyl adjacent to an activating group) is 1. The number of nitrogen functional groups attached to an aromatic ring is 1. The summed E-state index contributed by atoms with van der Waals surface area (Å²) in [6.45, 7) is 6.83. The van der Waals surface area contributed by atoms with E-state index >= 15 is 0 Å². The number of rotatable bonds is 5. The van der Waals surface area contributed by atoms with Crippen LogP contribution in [-0.2, 0) is 9.53 Å². The van der Waals surface area contributed by atoms with Gasteiger partial charge in [0.15, 0.2) is 0 Å². The number of nitrogens with zero attached hydrogens (tertiary/aromatic N) is 4. The highest BCUT2D eigenvalue weighted by Crippen LogP contribution is 2.14. The topological polar surface area (TPSA) is 118 Å². The van der Waals surface area contributed by atoms with Crippen LogP contribution in [0.3, 0.4) is 0 Å². The van der Waals surface area contributed by atoms with Crippen molar-refractivity contribution >= 4 is 23.8 Å². The highest BCUT2D eigenvalue weighted by molar-refractivity contribution is 5.83. The summed E-state index contributed by atoms with van der Waals surface area (Å²) < 4.78 is 5.29. The number of aromatic nitrogens is 3. The number of hydrogen-bond acceptors (Lipinski definition) is 8. The fraction of sp³-hybridized carbons (Fsp3) is 0.667. The summed E-state index contributed by atoms with van der Waals surface area (Å²) in [6, 6.07) is -0.454. The Morgan fingerprint density at radius 1 is 1.38 bits per heavy atom. The molecule has 0 spiro atoms. The van der Waals surface area contributed by atoms with Gasteiger partial charge in [-0.15, -0.1) is 0 Å². The molecule has 4 N–H and O–H groups in total. The van der Waals surface area contributed by atoms with E-state index < -0.39 is 6.04 Å². The van der Waals surface area contributed by atoms with Gasteiger partial charge in [0.1, 0.15) is 6.04 Å². The number of amides is 1. The van der Waals surface area contributed by atoms with Gasteiger partial charge in [-0.2, -0.15) is 15.0 Å². The van der Waals surface area contributed by atoms with E-state index in [1.807, 2.05) is 11.8 Å². The second-order valence-corrected chi connectivity index (χ2v) is 4.68. The molecule has 1 atom stereocenters. The zero-order valence-electron chi connectivity index (χ0n) is 12.3. The molecule has 1 aromatic rings. The highest BCUT2D eigenvalue weighted by Gasteiger charge is 2.18. The van der Waals surface area contributed by atoms with Gasteiger partial charge in [-0.1, -0.05) is 0 Å². The van der Waals surface area contributed by atoms with E-state index in [-0.39, 0.29) is 11.9 Å². The minimum atomic E-state index is -0.454. The molecule has 0 bridgehead atoms. The van der Waals surface area contributed by atoms with Gasteiger partial charge in [0.05, 0.1) is 13.2 Å². The maximum atomic E-state index is 11.7. The summed E-state index contributed by atoms with van der Waals surface area (Å²) >= 11 is 0. The molecule has 2 rings (SSSR count). The minimum absolute atomic E-state index is 0.121. The fourth-order valence-corrected chi connectivity index (χ4v) is 1.94. The molecule has 1 aromatic heterocycles. The van der Waals surface area contributed by atoms with Crippen molar-refractivity contribution in [2.24, 2.45) is 0 Å². The van der Waals surface area contributed by atoms with Crippen LogP contribution in [0.15, 0.2) is 0 Å². The molecule has 1 saturated heterocycles. The predicted octanol–water partition coefficient (Wildman–Crippen LogP) is -0.773. The Labute approximate surface area is 123 Å². The van der Waals surface area contributed by atoms with Crippen LogP contribution in [0.2, 0.25) is 0 Å². The minimum Gasteiger partial charge on any atom is -0.378 e. The molecular weight excluding hydrogens is 274 g/mol. The molecule has 9 heteroatoms. The first-order valence-electron chi connectivity index (χ1n) is 6.98. The SMILES string of the molecule is CCNC(=O)C(C)Nc1nc(N)nc(N2CCOCC2)n1. The summed E-state index contributed by atoms with van der Waals surface area (Å²) in [5.41, 5.74) is 5.72. The van der Waals surface area contributed by atoms with Crippen molar-refractivity contribution in [3.8, 4) is 0 Å². The summed E-state index contributed by atoms with van der Waals surface area (Å²) in [4.78, 5) is 26.2. The molecule has 0 aromatic carbocycles. The summed E-state index contributed by atoms with van der Waals surface area (Å²) in [7, 11) is 0. The Morgan fingerprint density at radius 3 is 2.76 bits per heavy atom. The second kappa shape index (κ2) is 7.02. The Balaban J connectivity index is 2.09. The number of carbonyl (C=O) groups is 1. The van der Waals surface area contributed by atoms with E-state index in [9.17, 15) is 4.79 Å². The first-order valence-corrected chi connectivity index (χ1v) is 6.98. The molecular formula is C12H21N7O2. The average molecular weight is 295 g/mol. The molecule has 116 valence electrons. The van der Waals surface area contributed by atoms with Crippen LogP contribution in [0.5, 0.6) is 0 Å². The van der Waals surface area contributed by atoms with Crippen molar-refractivity contribution in [3.05, 3.63) is 0 Å². The second-order valence-electron chi connectivity index (χ2n) is 4.68. The molecule has 9 nitrogen and oxygen atoms in total. The lowest BCUT2D eigenvalue weighted by Crippen LogP contribution is -2.39. The van der Waals surface area contributed by atoms with Crippen LogP contribution >= 0.6 is 0 Å². The first kappa shape index (κ1) is 15.2. The van der Waals surface area contributed by atoms with E-state index in [1.165, 1.54) is 0 Å². The normalized spacial score (nSPS) is 16.4. The zero-order chi connectivity index (χ0) is 15.2. The highest BCUT2D eigenvalue weighted by atomic mass is 16.5. The number of anilines is 3. The van der Waals surface area contributed by atoms with Crippen LogP contribution in [0.4, 0.5) is 17.8 Å². The van der Waals surface area contributed by atoms with Gasteiger partial charge >= 0.3 is 0 Å². The fourth-order valence-electron chi connectivity index (χ4n) is 1.94. The molecule has 1 aliphatic heterocycles. The Morgan fingerprint density at radius 2 is 2.10 bits per heavy atom.